The summed E-state index contributed by atoms with van der Waals surface area (Å²) in [4.78, 5) is 39.4. The molecule has 8 heterocycles. The zero-order valence-electron chi connectivity index (χ0n) is 64.5. The lowest BCUT2D eigenvalue weighted by Crippen LogP contribution is -2.39. The van der Waals surface area contributed by atoms with Gasteiger partial charge in [-0.1, -0.05) is 12.8 Å². The van der Waals surface area contributed by atoms with Crippen LogP contribution in [0.2, 0.25) is 0 Å². The lowest BCUT2D eigenvalue weighted by Gasteiger charge is -2.32. The SMILES string of the molecule is CC1=C(C)N(CCCCCCN2C(C)=C(C)N(C)C2C)C(C)N1C.CC1=C(C)N(CCCCCN2C(C)=C(C)N(C)C2C)C(C)N1C.CC1=C(C)N(CCCCN2C(C)=C(C)N(C)C2C)C(C)N1C.CC1=C(C)N(CCCN2C(C)=C(C)N(C)C2C)C(C)N1C. The lowest BCUT2D eigenvalue weighted by molar-refractivity contribution is 0.150. The van der Waals surface area contributed by atoms with Crippen molar-refractivity contribution in [2.24, 2.45) is 0 Å². The lowest BCUT2D eigenvalue weighted by atomic mass is 10.1. The predicted octanol–water partition coefficient (Wildman–Crippen LogP) is 14.6. The van der Waals surface area contributed by atoms with Gasteiger partial charge in [-0.25, -0.2) is 0 Å². The van der Waals surface area contributed by atoms with E-state index in [1.54, 1.807) is 0 Å². The maximum atomic E-state index is 2.56. The monoisotopic (exact) mass is 1250 g/mol. The normalized spacial score (nSPS) is 25.9. The number of hydrogen-bond donors (Lipinski definition) is 0. The maximum absolute atomic E-state index is 2.56. The molecule has 0 saturated carbocycles. The Hall–Kier alpha value is -5.28. The van der Waals surface area contributed by atoms with Crippen LogP contribution >= 0.6 is 0 Å². The van der Waals surface area contributed by atoms with Gasteiger partial charge < -0.3 is 78.4 Å². The quantitative estimate of drug-likeness (QED) is 0.0966. The van der Waals surface area contributed by atoms with Crippen molar-refractivity contribution in [1.29, 1.82) is 0 Å². The van der Waals surface area contributed by atoms with Crippen molar-refractivity contribution < 1.29 is 0 Å². The van der Waals surface area contributed by atoms with Crippen molar-refractivity contribution in [2.45, 2.75) is 280 Å². The summed E-state index contributed by atoms with van der Waals surface area (Å²) in [7, 11) is 17.6. The van der Waals surface area contributed by atoms with E-state index in [1.807, 2.05) is 0 Å². The van der Waals surface area contributed by atoms with E-state index in [9.17, 15) is 0 Å². The van der Waals surface area contributed by atoms with E-state index in [0.29, 0.717) is 49.3 Å². The Balaban J connectivity index is 0.000000218. The molecule has 0 bridgehead atoms. The van der Waals surface area contributed by atoms with E-state index in [-0.39, 0.29) is 0 Å². The Bertz CT molecular complexity index is 2480. The van der Waals surface area contributed by atoms with Crippen LogP contribution < -0.4 is 0 Å². The van der Waals surface area contributed by atoms with Crippen molar-refractivity contribution in [3.63, 3.8) is 0 Å². The second kappa shape index (κ2) is 32.5. The fourth-order valence-corrected chi connectivity index (χ4v) is 15.3. The first-order valence-electron chi connectivity index (χ1n) is 35.4. The fraction of sp³-hybridized carbons (Fsp3) is 0.784. The molecule has 0 spiro atoms. The average Bonchev–Trinajstić information content (AvgIpc) is 2.48. The third-order valence-electron chi connectivity index (χ3n) is 24.7. The minimum atomic E-state index is 0.488. The van der Waals surface area contributed by atoms with Crippen LogP contribution in [0, 0.1) is 0 Å². The fourth-order valence-electron chi connectivity index (χ4n) is 15.3. The van der Waals surface area contributed by atoms with Crippen LogP contribution in [0.1, 0.15) is 230 Å². The van der Waals surface area contributed by atoms with Crippen molar-refractivity contribution in [1.82, 2.24) is 78.4 Å². The molecule has 8 rings (SSSR count). The Labute approximate surface area is 555 Å². The predicted molar refractivity (Wildman–Crippen MR) is 385 cm³/mol. The zero-order chi connectivity index (χ0) is 67.8. The van der Waals surface area contributed by atoms with Gasteiger partial charge in [0, 0.05) is 200 Å². The molecule has 0 N–H and O–H groups in total. The molecule has 0 aromatic heterocycles. The molecule has 0 aromatic carbocycles. The molecule has 90 heavy (non-hydrogen) atoms. The molecule has 516 valence electrons. The highest BCUT2D eigenvalue weighted by atomic mass is 15.4. The third kappa shape index (κ3) is 16.2. The van der Waals surface area contributed by atoms with Gasteiger partial charge in [0.1, 0.15) is 0 Å². The van der Waals surface area contributed by atoms with Gasteiger partial charge in [-0.2, -0.15) is 0 Å². The van der Waals surface area contributed by atoms with E-state index in [1.165, 1.54) is 182 Å². The molecule has 8 atom stereocenters. The number of rotatable bonds is 22. The summed E-state index contributed by atoms with van der Waals surface area (Å²) in [6, 6.07) is 0. The molecule has 8 unspecified atom stereocenters. The zero-order valence-corrected chi connectivity index (χ0v) is 64.5. The van der Waals surface area contributed by atoms with E-state index in [0.717, 1.165) is 26.2 Å². The van der Waals surface area contributed by atoms with E-state index in [4.69, 9.17) is 0 Å². The van der Waals surface area contributed by atoms with Gasteiger partial charge in [-0.05, 0) is 218 Å². The van der Waals surface area contributed by atoms with Gasteiger partial charge >= 0.3 is 0 Å². The maximum Gasteiger partial charge on any atom is 0.0979 e. The van der Waals surface area contributed by atoms with Gasteiger partial charge in [-0.15, -0.1) is 0 Å². The highest BCUT2D eigenvalue weighted by molar-refractivity contribution is 5.21. The second-order valence-electron chi connectivity index (χ2n) is 28.4. The van der Waals surface area contributed by atoms with Crippen LogP contribution in [-0.2, 0) is 0 Å². The van der Waals surface area contributed by atoms with Crippen LogP contribution in [0.15, 0.2) is 91.2 Å². The summed E-state index contributed by atoms with van der Waals surface area (Å²) in [6.45, 7) is 63.6. The summed E-state index contributed by atoms with van der Waals surface area (Å²) in [6.07, 6.45) is 16.9. The van der Waals surface area contributed by atoms with Crippen LogP contribution in [0.4, 0.5) is 0 Å². The van der Waals surface area contributed by atoms with Gasteiger partial charge in [0.25, 0.3) is 0 Å². The van der Waals surface area contributed by atoms with Crippen LogP contribution in [0.3, 0.4) is 0 Å². The summed E-state index contributed by atoms with van der Waals surface area (Å²) >= 11 is 0. The average molecular weight is 1250 g/mol. The Kier molecular flexibility index (Phi) is 27.3. The van der Waals surface area contributed by atoms with Crippen LogP contribution in [-0.4, -0.2) is 236 Å². The van der Waals surface area contributed by atoms with Gasteiger partial charge in [0.15, 0.2) is 0 Å². The Morgan fingerprint density at radius 2 is 0.256 bits per heavy atom. The van der Waals surface area contributed by atoms with Crippen LogP contribution in [0.5, 0.6) is 0 Å². The van der Waals surface area contributed by atoms with Crippen molar-refractivity contribution >= 4 is 0 Å². The molecule has 0 saturated heterocycles. The first-order valence-corrected chi connectivity index (χ1v) is 35.4. The molecular weight excluding hydrogens is 1110 g/mol. The topological polar surface area (TPSA) is 51.8 Å². The van der Waals surface area contributed by atoms with Crippen LogP contribution in [0.25, 0.3) is 0 Å². The molecular formula is C74H140N16. The molecule has 0 aliphatic carbocycles. The largest absolute Gasteiger partial charge is 0.357 e. The Morgan fingerprint density at radius 1 is 0.156 bits per heavy atom. The number of nitrogens with zero attached hydrogens (tertiary/aromatic N) is 16. The first-order chi connectivity index (χ1) is 42.1. The summed E-state index contributed by atoms with van der Waals surface area (Å²) < 4.78 is 0. The van der Waals surface area contributed by atoms with E-state index < -0.39 is 0 Å². The van der Waals surface area contributed by atoms with Gasteiger partial charge in [0.2, 0.25) is 0 Å². The highest BCUT2D eigenvalue weighted by Crippen LogP contribution is 2.35. The standard InChI is InChI=1S/C20H38N4.C19H36N4.C18H34N4.C17H32N4/c1-15-17(3)23(19(5)21(15)7)13-11-9-10-12-14-24-18(4)16(2)22(8)20(24)6;1-14-16(3)22(18(5)20(14)7)12-10-9-11-13-23-17(4)15(2)21(8)19(23)6;1-13-15(3)21(17(5)19(13)7)11-9-10-12-22-16(4)14(2)20(8)18(22)6;1-12-14(3)20(16(5)18(12)7)10-9-11-21-15(4)13(2)19(8)17(21)6/h19-20H,9-14H2,1-8H3;18-19H,9-13H2,1-8H3;17-18H,9-12H2,1-8H3;16-17H,9-11H2,1-8H3. The summed E-state index contributed by atoms with van der Waals surface area (Å²) in [5.74, 6) is 0. The third-order valence-corrected chi connectivity index (χ3v) is 24.7. The first kappa shape index (κ1) is 75.4. The van der Waals surface area contributed by atoms with Crippen molar-refractivity contribution in [2.75, 3.05) is 109 Å². The van der Waals surface area contributed by atoms with Crippen molar-refractivity contribution in [3.05, 3.63) is 91.2 Å². The minimum Gasteiger partial charge on any atom is -0.357 e. The smallest absolute Gasteiger partial charge is 0.0979 e. The number of hydrogen-bond acceptors (Lipinski definition) is 16. The summed E-state index contributed by atoms with van der Waals surface area (Å²) in [5, 5.41) is 0. The van der Waals surface area contributed by atoms with Crippen molar-refractivity contribution in [3.8, 4) is 0 Å². The van der Waals surface area contributed by atoms with E-state index in [2.05, 4.69) is 301 Å². The van der Waals surface area contributed by atoms with Gasteiger partial charge in [-0.3, -0.25) is 0 Å². The second-order valence-corrected chi connectivity index (χ2v) is 28.4. The Morgan fingerprint density at radius 3 is 0.367 bits per heavy atom. The molecule has 0 radical (unpaired) electrons. The number of allylic oxidation sites excluding steroid dienone is 16. The molecule has 0 fully saturated rings. The number of unbranched alkanes of at least 4 members (excludes halogenated alkanes) is 6. The van der Waals surface area contributed by atoms with E-state index >= 15 is 0 Å². The molecule has 8 aliphatic rings. The highest BCUT2D eigenvalue weighted by Gasteiger charge is 2.35. The molecule has 8 aliphatic heterocycles. The molecule has 16 heteroatoms. The molecule has 0 amide bonds. The molecule has 0 aromatic rings. The van der Waals surface area contributed by atoms with Gasteiger partial charge in [0.05, 0.1) is 49.3 Å². The minimum absolute atomic E-state index is 0.488. The summed E-state index contributed by atoms with van der Waals surface area (Å²) in [5.41, 5.74) is 22.9. The molecule has 16 nitrogen and oxygen atoms in total.